The highest BCUT2D eigenvalue weighted by Crippen LogP contribution is 2.10. The van der Waals surface area contributed by atoms with Crippen LogP contribution in [0.1, 0.15) is 18.1 Å². The molecule has 2 aromatic carbocycles. The van der Waals surface area contributed by atoms with Gasteiger partial charge in [0, 0.05) is 23.1 Å². The van der Waals surface area contributed by atoms with Crippen molar-refractivity contribution in [2.75, 3.05) is 0 Å². The van der Waals surface area contributed by atoms with Gasteiger partial charge in [-0.05, 0) is 30.2 Å². The minimum absolute atomic E-state index is 0.164. The van der Waals surface area contributed by atoms with Gasteiger partial charge in [0.15, 0.2) is 0 Å². The van der Waals surface area contributed by atoms with Gasteiger partial charge in [-0.25, -0.2) is 4.39 Å². The van der Waals surface area contributed by atoms with Crippen molar-refractivity contribution in [3.05, 3.63) is 71.5 Å². The second-order valence-corrected chi connectivity index (χ2v) is 6.76. The Morgan fingerprint density at radius 3 is 2.50 bits per heavy atom. The molecule has 2 atom stereocenters. The number of benzene rings is 2. The molecule has 0 aliphatic rings. The van der Waals surface area contributed by atoms with Gasteiger partial charge in [-0.15, -0.1) is 0 Å². The van der Waals surface area contributed by atoms with E-state index in [1.54, 1.807) is 19.1 Å². The zero-order valence-corrected chi connectivity index (χ0v) is 13.1. The molecule has 1 N–H and O–H groups in total. The second-order valence-electron chi connectivity index (χ2n) is 5.00. The number of rotatable bonds is 6. The van der Waals surface area contributed by atoms with Crippen LogP contribution >= 0.6 is 0 Å². The molecule has 0 unspecified atom stereocenters. The third kappa shape index (κ3) is 4.77. The number of hydrogen-bond donors (Lipinski definition) is 1. The lowest BCUT2D eigenvalue weighted by Gasteiger charge is -2.12. The van der Waals surface area contributed by atoms with Crippen molar-refractivity contribution >= 4 is 16.7 Å². The molecule has 0 bridgehead atoms. The summed E-state index contributed by atoms with van der Waals surface area (Å²) in [6.07, 6.45) is 0. The molecule has 3 nitrogen and oxygen atoms in total. The molecule has 0 spiro atoms. The summed E-state index contributed by atoms with van der Waals surface area (Å²) in [5.41, 5.74) is 1.61. The maximum atomic E-state index is 13.1. The quantitative estimate of drug-likeness (QED) is 0.890. The third-order valence-electron chi connectivity index (χ3n) is 3.27. The Bertz CT molecular complexity index is 661. The fourth-order valence-electron chi connectivity index (χ4n) is 1.96. The number of halogens is 1. The molecule has 1 amide bonds. The van der Waals surface area contributed by atoms with Crippen LogP contribution in [-0.4, -0.2) is 15.4 Å². The van der Waals surface area contributed by atoms with Crippen LogP contribution in [-0.2, 0) is 27.9 Å². The van der Waals surface area contributed by atoms with Crippen LogP contribution in [0.4, 0.5) is 4.39 Å². The van der Waals surface area contributed by atoms with E-state index in [9.17, 15) is 13.4 Å². The Balaban J connectivity index is 1.88. The topological polar surface area (TPSA) is 46.2 Å². The van der Waals surface area contributed by atoms with Gasteiger partial charge in [0.25, 0.3) is 0 Å². The van der Waals surface area contributed by atoms with E-state index in [2.05, 4.69) is 5.32 Å². The Morgan fingerprint density at radius 1 is 1.14 bits per heavy atom. The first-order valence-corrected chi connectivity index (χ1v) is 8.37. The summed E-state index contributed by atoms with van der Waals surface area (Å²) >= 11 is 0. The molecule has 0 radical (unpaired) electrons. The SMILES string of the molecule is C[C@@H](C(=O)NCc1ccccc1)[S@@](=O)Cc1cccc(F)c1. The number of hydrogen-bond acceptors (Lipinski definition) is 2. The number of amides is 1. The maximum absolute atomic E-state index is 13.1. The fourth-order valence-corrected chi connectivity index (χ4v) is 3.04. The lowest BCUT2D eigenvalue weighted by Crippen LogP contribution is -2.35. The van der Waals surface area contributed by atoms with Crippen LogP contribution in [0.15, 0.2) is 54.6 Å². The maximum Gasteiger partial charge on any atom is 0.235 e. The van der Waals surface area contributed by atoms with E-state index in [0.717, 1.165) is 5.56 Å². The van der Waals surface area contributed by atoms with Crippen molar-refractivity contribution in [3.63, 3.8) is 0 Å². The van der Waals surface area contributed by atoms with E-state index in [-0.39, 0.29) is 17.5 Å². The predicted molar refractivity (Wildman–Crippen MR) is 86.0 cm³/mol. The van der Waals surface area contributed by atoms with E-state index in [1.807, 2.05) is 30.3 Å². The minimum Gasteiger partial charge on any atom is -0.351 e. The first-order valence-electron chi connectivity index (χ1n) is 6.99. The second kappa shape index (κ2) is 7.84. The normalized spacial score (nSPS) is 13.4. The van der Waals surface area contributed by atoms with Gasteiger partial charge < -0.3 is 5.32 Å². The number of nitrogens with one attached hydrogen (secondary N) is 1. The molecule has 2 rings (SSSR count). The highest BCUT2D eigenvalue weighted by molar-refractivity contribution is 7.85. The van der Waals surface area contributed by atoms with Crippen molar-refractivity contribution in [2.45, 2.75) is 24.5 Å². The zero-order valence-electron chi connectivity index (χ0n) is 12.3. The first-order chi connectivity index (χ1) is 10.6. The molecule has 0 heterocycles. The van der Waals surface area contributed by atoms with Crippen molar-refractivity contribution in [1.82, 2.24) is 5.32 Å². The van der Waals surface area contributed by atoms with E-state index in [4.69, 9.17) is 0 Å². The molecule has 0 aliphatic heterocycles. The lowest BCUT2D eigenvalue weighted by atomic mass is 10.2. The standard InChI is InChI=1S/C17H18FNO2S/c1-13(17(20)19-11-14-6-3-2-4-7-14)22(21)12-15-8-5-9-16(18)10-15/h2-10,13H,11-12H2,1H3,(H,19,20)/t13-,22-/m0/s1. The summed E-state index contributed by atoms with van der Waals surface area (Å²) < 4.78 is 25.3. The first kappa shape index (κ1) is 16.4. The van der Waals surface area contributed by atoms with E-state index >= 15 is 0 Å². The minimum atomic E-state index is -1.39. The number of carbonyl (C=O) groups is 1. The van der Waals surface area contributed by atoms with E-state index in [1.165, 1.54) is 12.1 Å². The molecule has 5 heteroatoms. The molecule has 22 heavy (non-hydrogen) atoms. The van der Waals surface area contributed by atoms with Crippen molar-refractivity contribution in [2.24, 2.45) is 0 Å². The Labute approximate surface area is 132 Å². The van der Waals surface area contributed by atoms with Crippen LogP contribution in [0.3, 0.4) is 0 Å². The molecule has 0 aliphatic carbocycles. The van der Waals surface area contributed by atoms with Gasteiger partial charge >= 0.3 is 0 Å². The molecule has 0 saturated heterocycles. The zero-order chi connectivity index (χ0) is 15.9. The van der Waals surface area contributed by atoms with Crippen LogP contribution in [0.5, 0.6) is 0 Å². The van der Waals surface area contributed by atoms with Crippen molar-refractivity contribution in [1.29, 1.82) is 0 Å². The van der Waals surface area contributed by atoms with Gasteiger partial charge in [0.05, 0.1) is 0 Å². The van der Waals surface area contributed by atoms with Gasteiger partial charge in [-0.3, -0.25) is 9.00 Å². The van der Waals surface area contributed by atoms with E-state index in [0.29, 0.717) is 12.1 Å². The molecule has 0 saturated carbocycles. The smallest absolute Gasteiger partial charge is 0.235 e. The summed E-state index contributed by atoms with van der Waals surface area (Å²) in [6.45, 7) is 2.02. The summed E-state index contributed by atoms with van der Waals surface area (Å²) in [4.78, 5) is 12.0. The largest absolute Gasteiger partial charge is 0.351 e. The van der Waals surface area contributed by atoms with Crippen molar-refractivity contribution in [3.8, 4) is 0 Å². The Kier molecular flexibility index (Phi) is 5.83. The van der Waals surface area contributed by atoms with Crippen LogP contribution in [0.25, 0.3) is 0 Å². The summed E-state index contributed by atoms with van der Waals surface area (Å²) in [7, 11) is -1.39. The highest BCUT2D eigenvalue weighted by atomic mass is 32.2. The van der Waals surface area contributed by atoms with Gasteiger partial charge in [0.2, 0.25) is 5.91 Å². The Morgan fingerprint density at radius 2 is 1.82 bits per heavy atom. The molecule has 116 valence electrons. The summed E-state index contributed by atoms with van der Waals surface area (Å²) in [5.74, 6) is -0.466. The van der Waals surface area contributed by atoms with Gasteiger partial charge in [-0.1, -0.05) is 42.5 Å². The van der Waals surface area contributed by atoms with Crippen LogP contribution < -0.4 is 5.32 Å². The van der Waals surface area contributed by atoms with E-state index < -0.39 is 16.0 Å². The lowest BCUT2D eigenvalue weighted by molar-refractivity contribution is -0.120. The van der Waals surface area contributed by atoms with Crippen molar-refractivity contribution < 1.29 is 13.4 Å². The average molecular weight is 319 g/mol. The fraction of sp³-hybridized carbons (Fsp3) is 0.235. The van der Waals surface area contributed by atoms with Gasteiger partial charge in [-0.2, -0.15) is 0 Å². The molecular weight excluding hydrogens is 301 g/mol. The van der Waals surface area contributed by atoms with Crippen LogP contribution in [0, 0.1) is 5.82 Å². The van der Waals surface area contributed by atoms with Crippen LogP contribution in [0.2, 0.25) is 0 Å². The highest BCUT2D eigenvalue weighted by Gasteiger charge is 2.20. The molecule has 0 fully saturated rings. The molecular formula is C17H18FNO2S. The average Bonchev–Trinajstić information content (AvgIpc) is 2.53. The number of carbonyl (C=O) groups excluding carboxylic acids is 1. The third-order valence-corrected chi connectivity index (χ3v) is 4.89. The summed E-state index contributed by atoms with van der Waals surface area (Å²) in [5, 5.41) is 2.12. The van der Waals surface area contributed by atoms with Gasteiger partial charge in [0.1, 0.15) is 11.1 Å². The predicted octanol–water partition coefficient (Wildman–Crippen LogP) is 2.78. The summed E-state index contributed by atoms with van der Waals surface area (Å²) in [6, 6.07) is 15.5. The molecule has 0 aromatic heterocycles. The monoisotopic (exact) mass is 319 g/mol. The molecule has 2 aromatic rings. The Hall–Kier alpha value is -2.01.